The number of benzene rings is 1. The van der Waals surface area contributed by atoms with Gasteiger partial charge < -0.3 is 10.4 Å². The molecule has 122 valence electrons. The summed E-state index contributed by atoms with van der Waals surface area (Å²) in [6.45, 7) is 2.05. The summed E-state index contributed by atoms with van der Waals surface area (Å²) in [4.78, 5) is 15.6. The highest BCUT2D eigenvalue weighted by atomic mass is 32.2. The highest BCUT2D eigenvalue weighted by Crippen LogP contribution is 2.25. The molecule has 22 heavy (non-hydrogen) atoms. The van der Waals surface area contributed by atoms with Crippen LogP contribution >= 0.6 is 11.8 Å². The molecule has 1 atom stereocenters. The van der Waals surface area contributed by atoms with E-state index < -0.39 is 0 Å². The first-order valence-electron chi connectivity index (χ1n) is 8.02. The van der Waals surface area contributed by atoms with Crippen molar-refractivity contribution in [1.29, 1.82) is 0 Å². The summed E-state index contributed by atoms with van der Waals surface area (Å²) >= 11 is 1.64. The van der Waals surface area contributed by atoms with Crippen LogP contribution in [0.1, 0.15) is 32.1 Å². The Labute approximate surface area is 137 Å². The number of hydrogen-bond donors (Lipinski definition) is 2. The van der Waals surface area contributed by atoms with Gasteiger partial charge in [0.1, 0.15) is 0 Å². The molecule has 4 nitrogen and oxygen atoms in total. The molecule has 1 fully saturated rings. The van der Waals surface area contributed by atoms with Crippen molar-refractivity contribution in [3.05, 3.63) is 24.3 Å². The standard InChI is InChI=1S/C17H26N2O2S/c1-22-16-8-3-2-7-15(16)18-17(21)9-12-19-11-5-4-6-14(19)10-13-20/h2-3,7-8,14,20H,4-6,9-13H2,1H3,(H,18,21)/t14-/m0/s1. The normalized spacial score (nSPS) is 19.1. The molecule has 0 spiro atoms. The van der Waals surface area contributed by atoms with Crippen LogP contribution in [0.25, 0.3) is 0 Å². The molecule has 0 radical (unpaired) electrons. The van der Waals surface area contributed by atoms with Gasteiger partial charge in [0.25, 0.3) is 0 Å². The predicted molar refractivity (Wildman–Crippen MR) is 92.4 cm³/mol. The van der Waals surface area contributed by atoms with Crippen LogP contribution in [0, 0.1) is 0 Å². The maximum atomic E-state index is 12.2. The number of thioether (sulfide) groups is 1. The third-order valence-corrected chi connectivity index (χ3v) is 5.01. The summed E-state index contributed by atoms with van der Waals surface area (Å²) < 4.78 is 0. The first kappa shape index (κ1) is 17.3. The summed E-state index contributed by atoms with van der Waals surface area (Å²) in [6.07, 6.45) is 6.89. The Morgan fingerprint density at radius 3 is 3.00 bits per heavy atom. The van der Waals surface area contributed by atoms with Crippen LogP contribution < -0.4 is 5.32 Å². The zero-order valence-corrected chi connectivity index (χ0v) is 14.1. The molecule has 1 saturated heterocycles. The van der Waals surface area contributed by atoms with Crippen LogP contribution in [0.15, 0.2) is 29.2 Å². The summed E-state index contributed by atoms with van der Waals surface area (Å²) in [6, 6.07) is 8.32. The van der Waals surface area contributed by atoms with Crippen molar-refractivity contribution in [2.75, 3.05) is 31.3 Å². The maximum Gasteiger partial charge on any atom is 0.225 e. The molecule has 1 amide bonds. The highest BCUT2D eigenvalue weighted by Gasteiger charge is 2.22. The molecule has 2 N–H and O–H groups in total. The fourth-order valence-electron chi connectivity index (χ4n) is 3.04. The number of nitrogens with zero attached hydrogens (tertiary/aromatic N) is 1. The van der Waals surface area contributed by atoms with Gasteiger partial charge in [0.05, 0.1) is 5.69 Å². The molecule has 1 aromatic carbocycles. The Morgan fingerprint density at radius 1 is 1.41 bits per heavy atom. The van der Waals surface area contributed by atoms with E-state index >= 15 is 0 Å². The number of carbonyl (C=O) groups excluding carboxylic acids is 1. The van der Waals surface area contributed by atoms with Gasteiger partial charge in [-0.2, -0.15) is 0 Å². The molecule has 1 aliphatic rings. The van der Waals surface area contributed by atoms with E-state index in [2.05, 4.69) is 10.2 Å². The Bertz CT molecular complexity index is 479. The van der Waals surface area contributed by atoms with Crippen molar-refractivity contribution < 1.29 is 9.90 Å². The number of piperidine rings is 1. The summed E-state index contributed by atoms with van der Waals surface area (Å²) in [5.74, 6) is 0.0646. The SMILES string of the molecule is CSc1ccccc1NC(=O)CCN1CCCC[C@H]1CCO. The smallest absolute Gasteiger partial charge is 0.225 e. The average molecular weight is 322 g/mol. The number of carbonyl (C=O) groups is 1. The molecule has 0 aromatic heterocycles. The van der Waals surface area contributed by atoms with Gasteiger partial charge in [-0.1, -0.05) is 18.6 Å². The predicted octanol–water partition coefficient (Wildman–Crippen LogP) is 2.97. The lowest BCUT2D eigenvalue weighted by atomic mass is 9.99. The molecule has 5 heteroatoms. The van der Waals surface area contributed by atoms with Crippen LogP contribution in [-0.2, 0) is 4.79 Å². The van der Waals surface area contributed by atoms with Crippen molar-refractivity contribution >= 4 is 23.4 Å². The van der Waals surface area contributed by atoms with Gasteiger partial charge >= 0.3 is 0 Å². The lowest BCUT2D eigenvalue weighted by Crippen LogP contribution is -2.41. The molecule has 0 aliphatic carbocycles. The first-order chi connectivity index (χ1) is 10.7. The topological polar surface area (TPSA) is 52.6 Å². The molecule has 1 heterocycles. The van der Waals surface area contributed by atoms with E-state index in [4.69, 9.17) is 5.11 Å². The number of hydrogen-bond acceptors (Lipinski definition) is 4. The van der Waals surface area contributed by atoms with Gasteiger partial charge in [-0.3, -0.25) is 9.69 Å². The number of rotatable bonds is 7. The van der Waals surface area contributed by atoms with Crippen molar-refractivity contribution in [3.8, 4) is 0 Å². The molecule has 0 bridgehead atoms. The highest BCUT2D eigenvalue weighted by molar-refractivity contribution is 7.98. The number of aliphatic hydroxyl groups excluding tert-OH is 1. The molecular formula is C17H26N2O2S. The summed E-state index contributed by atoms with van der Waals surface area (Å²) in [7, 11) is 0. The van der Waals surface area contributed by atoms with Gasteiger partial charge in [0.15, 0.2) is 0 Å². The maximum absolute atomic E-state index is 12.2. The number of amides is 1. The number of anilines is 1. The third-order valence-electron chi connectivity index (χ3n) is 4.22. The quantitative estimate of drug-likeness (QED) is 0.758. The third kappa shape index (κ3) is 5.00. The molecule has 1 aromatic rings. The van der Waals surface area contributed by atoms with Crippen molar-refractivity contribution in [2.24, 2.45) is 0 Å². The average Bonchev–Trinajstić information content (AvgIpc) is 2.55. The largest absolute Gasteiger partial charge is 0.396 e. The molecule has 0 unspecified atom stereocenters. The minimum Gasteiger partial charge on any atom is -0.396 e. The lowest BCUT2D eigenvalue weighted by molar-refractivity contribution is -0.116. The van der Waals surface area contributed by atoms with Crippen molar-refractivity contribution in [1.82, 2.24) is 4.90 Å². The zero-order chi connectivity index (χ0) is 15.8. The van der Waals surface area contributed by atoms with Gasteiger partial charge in [0.2, 0.25) is 5.91 Å². The van der Waals surface area contributed by atoms with E-state index in [-0.39, 0.29) is 12.5 Å². The zero-order valence-electron chi connectivity index (χ0n) is 13.3. The van der Waals surface area contributed by atoms with E-state index in [0.717, 1.165) is 36.5 Å². The van der Waals surface area contributed by atoms with Crippen LogP contribution in [-0.4, -0.2) is 47.9 Å². The van der Waals surface area contributed by atoms with Crippen LogP contribution in [0.2, 0.25) is 0 Å². The minimum atomic E-state index is 0.0646. The Morgan fingerprint density at radius 2 is 2.23 bits per heavy atom. The second kappa shape index (κ2) is 9.18. The molecule has 2 rings (SSSR count). The fourth-order valence-corrected chi connectivity index (χ4v) is 3.59. The van der Waals surface area contributed by atoms with Crippen LogP contribution in [0.5, 0.6) is 0 Å². The van der Waals surface area contributed by atoms with Gasteiger partial charge in [-0.05, 0) is 44.2 Å². The number of para-hydroxylation sites is 1. The van der Waals surface area contributed by atoms with E-state index in [1.807, 2.05) is 30.5 Å². The molecule has 0 saturated carbocycles. The Hall–Kier alpha value is -1.04. The second-order valence-electron chi connectivity index (χ2n) is 5.70. The fraction of sp³-hybridized carbons (Fsp3) is 0.588. The monoisotopic (exact) mass is 322 g/mol. The van der Waals surface area contributed by atoms with Crippen LogP contribution in [0.4, 0.5) is 5.69 Å². The van der Waals surface area contributed by atoms with Crippen LogP contribution in [0.3, 0.4) is 0 Å². The van der Waals surface area contributed by atoms with E-state index in [9.17, 15) is 4.79 Å². The second-order valence-corrected chi connectivity index (χ2v) is 6.54. The van der Waals surface area contributed by atoms with Crippen molar-refractivity contribution in [2.45, 2.75) is 43.0 Å². The first-order valence-corrected chi connectivity index (χ1v) is 9.25. The molecule has 1 aliphatic heterocycles. The Balaban J connectivity index is 1.84. The number of likely N-dealkylation sites (tertiary alicyclic amines) is 1. The van der Waals surface area contributed by atoms with Crippen molar-refractivity contribution in [3.63, 3.8) is 0 Å². The summed E-state index contributed by atoms with van der Waals surface area (Å²) in [5.41, 5.74) is 0.894. The van der Waals surface area contributed by atoms with Gasteiger partial charge in [-0.15, -0.1) is 11.8 Å². The van der Waals surface area contributed by atoms with E-state index in [0.29, 0.717) is 12.5 Å². The van der Waals surface area contributed by atoms with Gasteiger partial charge in [-0.25, -0.2) is 0 Å². The minimum absolute atomic E-state index is 0.0646. The number of aliphatic hydroxyl groups is 1. The Kier molecular flexibility index (Phi) is 7.22. The van der Waals surface area contributed by atoms with E-state index in [1.54, 1.807) is 11.8 Å². The molecular weight excluding hydrogens is 296 g/mol. The lowest BCUT2D eigenvalue weighted by Gasteiger charge is -2.35. The summed E-state index contributed by atoms with van der Waals surface area (Å²) in [5, 5.41) is 12.2. The number of nitrogens with one attached hydrogen (secondary N) is 1. The van der Waals surface area contributed by atoms with Gasteiger partial charge in [0, 0.05) is 30.5 Å². The van der Waals surface area contributed by atoms with E-state index in [1.165, 1.54) is 12.8 Å².